The van der Waals surface area contributed by atoms with Crippen LogP contribution in [0.15, 0.2) is 4.42 Å². The third kappa shape index (κ3) is 3.44. The lowest BCUT2D eigenvalue weighted by atomic mass is 10.4. The van der Waals surface area contributed by atoms with Gasteiger partial charge in [0.1, 0.15) is 5.88 Å². The zero-order valence-corrected chi connectivity index (χ0v) is 9.15. The van der Waals surface area contributed by atoms with Gasteiger partial charge in [0, 0.05) is 11.8 Å². The molecule has 0 amide bonds. The van der Waals surface area contributed by atoms with E-state index in [2.05, 4.69) is 28.7 Å². The highest BCUT2D eigenvalue weighted by Crippen LogP contribution is 2.09. The number of nitrogens with zero attached hydrogens (tertiary/aromatic N) is 2. The van der Waals surface area contributed by atoms with Gasteiger partial charge < -0.3 is 9.73 Å². The van der Waals surface area contributed by atoms with Crippen LogP contribution in [0.2, 0.25) is 0 Å². The average Bonchev–Trinajstić information content (AvgIpc) is 2.52. The molecule has 0 fully saturated rings. The van der Waals surface area contributed by atoms with Gasteiger partial charge in [-0.05, 0) is 13.2 Å². The Labute approximate surface area is 86.4 Å². The van der Waals surface area contributed by atoms with Crippen molar-refractivity contribution in [2.45, 2.75) is 18.8 Å². The molecule has 0 aliphatic carbocycles. The van der Waals surface area contributed by atoms with Crippen molar-refractivity contribution in [1.29, 1.82) is 0 Å². The Morgan fingerprint density at radius 3 is 2.92 bits per heavy atom. The molecule has 13 heavy (non-hydrogen) atoms. The standard InChI is InChI=1S/C7H12ClN3OS/c1-5(4-13-2)9-7-11-10-6(3-8)12-7/h5H,3-4H2,1-2H3,(H,9,11). The van der Waals surface area contributed by atoms with Crippen LogP contribution in [0.3, 0.4) is 0 Å². The molecule has 1 N–H and O–H groups in total. The first kappa shape index (κ1) is 10.7. The number of hydrogen-bond acceptors (Lipinski definition) is 5. The number of alkyl halides is 1. The Bertz CT molecular complexity index is 256. The van der Waals surface area contributed by atoms with Crippen molar-refractivity contribution in [3.8, 4) is 0 Å². The van der Waals surface area contributed by atoms with Crippen LogP contribution in [0.25, 0.3) is 0 Å². The largest absolute Gasteiger partial charge is 0.407 e. The van der Waals surface area contributed by atoms with E-state index in [1.54, 1.807) is 11.8 Å². The molecule has 1 aromatic rings. The molecule has 4 nitrogen and oxygen atoms in total. The van der Waals surface area contributed by atoms with E-state index in [0.717, 1.165) is 5.75 Å². The van der Waals surface area contributed by atoms with Gasteiger partial charge in [-0.2, -0.15) is 11.8 Å². The van der Waals surface area contributed by atoms with Crippen molar-refractivity contribution in [3.05, 3.63) is 5.89 Å². The molecule has 0 aliphatic heterocycles. The Kier molecular flexibility index (Phi) is 4.38. The van der Waals surface area contributed by atoms with Crippen molar-refractivity contribution in [3.63, 3.8) is 0 Å². The second-order valence-electron chi connectivity index (χ2n) is 2.64. The molecule has 0 spiro atoms. The first-order chi connectivity index (χ1) is 6.26. The minimum atomic E-state index is 0.256. The summed E-state index contributed by atoms with van der Waals surface area (Å²) in [5, 5.41) is 10.6. The number of aromatic nitrogens is 2. The number of halogens is 1. The van der Waals surface area contributed by atoms with Crippen molar-refractivity contribution < 1.29 is 4.42 Å². The lowest BCUT2D eigenvalue weighted by Crippen LogP contribution is -2.17. The maximum Gasteiger partial charge on any atom is 0.315 e. The summed E-state index contributed by atoms with van der Waals surface area (Å²) in [6.07, 6.45) is 2.05. The molecule has 1 unspecified atom stereocenters. The summed E-state index contributed by atoms with van der Waals surface area (Å²) < 4.78 is 5.18. The summed E-state index contributed by atoms with van der Waals surface area (Å²) in [4.78, 5) is 0. The lowest BCUT2D eigenvalue weighted by molar-refractivity contribution is 0.522. The zero-order chi connectivity index (χ0) is 9.68. The van der Waals surface area contributed by atoms with Crippen molar-refractivity contribution >= 4 is 29.4 Å². The van der Waals surface area contributed by atoms with Gasteiger partial charge in [-0.25, -0.2) is 0 Å². The fourth-order valence-electron chi connectivity index (χ4n) is 0.868. The lowest BCUT2D eigenvalue weighted by Gasteiger charge is -2.08. The normalized spacial score (nSPS) is 12.8. The maximum absolute atomic E-state index is 5.51. The zero-order valence-electron chi connectivity index (χ0n) is 7.58. The molecular formula is C7H12ClN3OS. The van der Waals surface area contributed by atoms with E-state index in [9.17, 15) is 0 Å². The molecule has 0 aliphatic rings. The van der Waals surface area contributed by atoms with E-state index in [1.165, 1.54) is 0 Å². The number of rotatable bonds is 5. The van der Waals surface area contributed by atoms with E-state index < -0.39 is 0 Å². The molecule has 74 valence electrons. The van der Waals surface area contributed by atoms with Gasteiger partial charge in [0.25, 0.3) is 0 Å². The summed E-state index contributed by atoms with van der Waals surface area (Å²) in [5.74, 6) is 1.70. The first-order valence-corrected chi connectivity index (χ1v) is 5.83. The van der Waals surface area contributed by atoms with Crippen molar-refractivity contribution in [2.24, 2.45) is 0 Å². The van der Waals surface area contributed by atoms with E-state index in [1.807, 2.05) is 0 Å². The molecule has 1 heterocycles. The molecule has 0 radical (unpaired) electrons. The Morgan fingerprint density at radius 2 is 2.38 bits per heavy atom. The minimum Gasteiger partial charge on any atom is -0.407 e. The second kappa shape index (κ2) is 5.34. The first-order valence-electron chi connectivity index (χ1n) is 3.90. The molecule has 1 atom stereocenters. The monoisotopic (exact) mass is 221 g/mol. The molecule has 1 aromatic heterocycles. The minimum absolute atomic E-state index is 0.256. The molecule has 0 saturated heterocycles. The second-order valence-corrected chi connectivity index (χ2v) is 3.81. The van der Waals surface area contributed by atoms with Gasteiger partial charge in [-0.1, -0.05) is 5.10 Å². The summed E-state index contributed by atoms with van der Waals surface area (Å²) in [6, 6.07) is 0.760. The predicted octanol–water partition coefficient (Wildman–Crippen LogP) is 1.97. The van der Waals surface area contributed by atoms with Gasteiger partial charge in [0.15, 0.2) is 0 Å². The van der Waals surface area contributed by atoms with Gasteiger partial charge in [0.2, 0.25) is 5.89 Å². The fraction of sp³-hybridized carbons (Fsp3) is 0.714. The Balaban J connectivity index is 2.44. The highest BCUT2D eigenvalue weighted by molar-refractivity contribution is 7.98. The number of thioether (sulfide) groups is 1. The van der Waals surface area contributed by atoms with Crippen LogP contribution in [0.5, 0.6) is 0 Å². The maximum atomic E-state index is 5.51. The molecular weight excluding hydrogens is 210 g/mol. The average molecular weight is 222 g/mol. The van der Waals surface area contributed by atoms with E-state index in [-0.39, 0.29) is 5.88 Å². The van der Waals surface area contributed by atoms with Crippen LogP contribution >= 0.6 is 23.4 Å². The van der Waals surface area contributed by atoms with Crippen LogP contribution in [-0.4, -0.2) is 28.2 Å². The summed E-state index contributed by atoms with van der Waals surface area (Å²) in [7, 11) is 0. The summed E-state index contributed by atoms with van der Waals surface area (Å²) in [5.41, 5.74) is 0. The highest BCUT2D eigenvalue weighted by Gasteiger charge is 2.07. The van der Waals surface area contributed by atoms with Crippen LogP contribution in [0.1, 0.15) is 12.8 Å². The van der Waals surface area contributed by atoms with Gasteiger partial charge in [-0.3, -0.25) is 0 Å². The molecule has 0 aromatic carbocycles. The van der Waals surface area contributed by atoms with Crippen LogP contribution in [0.4, 0.5) is 6.01 Å². The Hall–Kier alpha value is -0.420. The molecule has 0 saturated carbocycles. The SMILES string of the molecule is CSCC(C)Nc1nnc(CCl)o1. The number of nitrogens with one attached hydrogen (secondary N) is 1. The van der Waals surface area contributed by atoms with Gasteiger partial charge in [0.05, 0.1) is 0 Å². The van der Waals surface area contributed by atoms with E-state index in [0.29, 0.717) is 17.9 Å². The molecule has 0 bridgehead atoms. The predicted molar refractivity (Wildman–Crippen MR) is 55.3 cm³/mol. The Morgan fingerprint density at radius 1 is 1.62 bits per heavy atom. The van der Waals surface area contributed by atoms with Gasteiger partial charge >= 0.3 is 6.01 Å². The molecule has 1 rings (SSSR count). The fourth-order valence-corrected chi connectivity index (χ4v) is 1.56. The van der Waals surface area contributed by atoms with Crippen LogP contribution in [0, 0.1) is 0 Å². The van der Waals surface area contributed by atoms with Crippen LogP contribution < -0.4 is 5.32 Å². The summed E-state index contributed by atoms with van der Waals surface area (Å²) in [6.45, 7) is 2.06. The number of anilines is 1. The van der Waals surface area contributed by atoms with Crippen molar-refractivity contribution in [2.75, 3.05) is 17.3 Å². The van der Waals surface area contributed by atoms with Crippen LogP contribution in [-0.2, 0) is 5.88 Å². The molecule has 6 heteroatoms. The van der Waals surface area contributed by atoms with E-state index >= 15 is 0 Å². The van der Waals surface area contributed by atoms with Crippen molar-refractivity contribution in [1.82, 2.24) is 10.2 Å². The quantitative estimate of drug-likeness (QED) is 0.771. The third-order valence-corrected chi connectivity index (χ3v) is 2.43. The number of hydrogen-bond donors (Lipinski definition) is 1. The smallest absolute Gasteiger partial charge is 0.315 e. The third-order valence-electron chi connectivity index (χ3n) is 1.37. The van der Waals surface area contributed by atoms with E-state index in [4.69, 9.17) is 16.0 Å². The topological polar surface area (TPSA) is 51.0 Å². The van der Waals surface area contributed by atoms with Gasteiger partial charge in [-0.15, -0.1) is 16.7 Å². The highest BCUT2D eigenvalue weighted by atomic mass is 35.5. The summed E-state index contributed by atoms with van der Waals surface area (Å²) >= 11 is 7.27.